The third-order valence-electron chi connectivity index (χ3n) is 8.64. The highest BCUT2D eigenvalue weighted by Gasteiger charge is 2.40. The summed E-state index contributed by atoms with van der Waals surface area (Å²) >= 11 is 1.80. The van der Waals surface area contributed by atoms with Crippen molar-refractivity contribution >= 4 is 25.7 Å². The highest BCUT2D eigenvalue weighted by atomic mass is 32.2. The van der Waals surface area contributed by atoms with Gasteiger partial charge in [0.05, 0.1) is 19.1 Å². The average Bonchev–Trinajstić information content (AvgIpc) is 3.73. The maximum absolute atomic E-state index is 12.4. The van der Waals surface area contributed by atoms with Crippen LogP contribution in [0.2, 0.25) is 0 Å². The maximum Gasteiger partial charge on any atom is 0.472 e. The molecule has 0 radical (unpaired) electrons. The third-order valence-corrected chi connectivity index (χ3v) is 10.4. The van der Waals surface area contributed by atoms with E-state index in [0.717, 1.165) is 50.9 Å². The minimum Gasteiger partial charge on any atom is -0.446 e. The molecule has 0 aromatic heterocycles. The Hall–Kier alpha value is -0.770. The lowest BCUT2D eigenvalue weighted by atomic mass is 10.0. The van der Waals surface area contributed by atoms with Crippen molar-refractivity contribution in [3.8, 4) is 0 Å². The molecule has 1 saturated heterocycles. The smallest absolute Gasteiger partial charge is 0.446 e. The Morgan fingerprint density at radius 3 is 2.04 bits per heavy atom. The lowest BCUT2D eigenvalue weighted by Gasteiger charge is -2.28. The van der Waals surface area contributed by atoms with E-state index in [1.54, 1.807) is 11.8 Å². The number of carbonyl (C=O) groups is 1. The van der Waals surface area contributed by atoms with Gasteiger partial charge in [0.25, 0.3) is 0 Å². The summed E-state index contributed by atoms with van der Waals surface area (Å²) in [6, 6.07) is 0. The van der Waals surface area contributed by atoms with E-state index in [2.05, 4.69) is 28.7 Å². The second-order valence-electron chi connectivity index (χ2n) is 12.8. The zero-order chi connectivity index (χ0) is 32.3. The largest absolute Gasteiger partial charge is 0.472 e. The van der Waals surface area contributed by atoms with E-state index in [-0.39, 0.29) is 19.8 Å². The molecular weight excluding hydrogens is 611 g/mol. The Bertz CT molecular complexity index is 813. The van der Waals surface area contributed by atoms with Crippen molar-refractivity contribution in [1.29, 1.82) is 0 Å². The molecule has 0 aromatic carbocycles. The molecule has 2 atom stereocenters. The summed E-state index contributed by atoms with van der Waals surface area (Å²) in [5, 5.41) is 4.93. The molecule has 11 heteroatoms. The summed E-state index contributed by atoms with van der Waals surface area (Å²) in [6.45, 7) is 4.37. The molecule has 45 heavy (non-hydrogen) atoms. The van der Waals surface area contributed by atoms with Gasteiger partial charge in [-0.3, -0.25) is 9.05 Å². The van der Waals surface area contributed by atoms with E-state index in [0.29, 0.717) is 26.0 Å². The fourth-order valence-corrected chi connectivity index (χ4v) is 7.36. The van der Waals surface area contributed by atoms with E-state index in [9.17, 15) is 14.3 Å². The number of hydrogen-bond donors (Lipinski definition) is 2. The number of unbranched alkanes of at least 4 members (excludes halogenated alkanes) is 18. The van der Waals surface area contributed by atoms with Gasteiger partial charge < -0.3 is 24.6 Å². The zero-order valence-electron chi connectivity index (χ0n) is 28.4. The average molecular weight is 677 g/mol. The van der Waals surface area contributed by atoms with Crippen LogP contribution in [-0.4, -0.2) is 66.9 Å². The Kier molecular flexibility index (Phi) is 23.5. The van der Waals surface area contributed by atoms with Gasteiger partial charge in [0, 0.05) is 25.9 Å². The van der Waals surface area contributed by atoms with Gasteiger partial charge in [0.1, 0.15) is 12.2 Å². The number of hydrogen-bond acceptors (Lipinski definition) is 8. The van der Waals surface area contributed by atoms with Crippen LogP contribution in [0.1, 0.15) is 148 Å². The summed E-state index contributed by atoms with van der Waals surface area (Å²) in [6.07, 6.45) is 27.8. The molecule has 0 bridgehead atoms. The topological polar surface area (TPSA) is 107 Å². The van der Waals surface area contributed by atoms with Gasteiger partial charge in [-0.05, 0) is 37.5 Å². The predicted molar refractivity (Wildman–Crippen MR) is 185 cm³/mol. The molecule has 1 fully saturated rings. The van der Waals surface area contributed by atoms with Gasteiger partial charge in [0.15, 0.2) is 0 Å². The Morgan fingerprint density at radius 1 is 0.867 bits per heavy atom. The summed E-state index contributed by atoms with van der Waals surface area (Å²) in [7, 11) is -4.21. The summed E-state index contributed by atoms with van der Waals surface area (Å²) < 4.78 is 34.1. The Balaban J connectivity index is 1.41. The van der Waals surface area contributed by atoms with Crippen LogP contribution in [0, 0.1) is 0 Å². The third kappa shape index (κ3) is 21.7. The Labute approximate surface area is 278 Å². The maximum atomic E-state index is 12.4. The van der Waals surface area contributed by atoms with E-state index in [1.807, 2.05) is 0 Å². The van der Waals surface area contributed by atoms with Crippen LogP contribution in [0.3, 0.4) is 0 Å². The summed E-state index contributed by atoms with van der Waals surface area (Å²) in [4.78, 5) is 24.7. The van der Waals surface area contributed by atoms with E-state index in [4.69, 9.17) is 18.5 Å². The van der Waals surface area contributed by atoms with Crippen molar-refractivity contribution in [3.63, 3.8) is 0 Å². The van der Waals surface area contributed by atoms with Crippen LogP contribution >= 0.6 is 19.6 Å². The van der Waals surface area contributed by atoms with E-state index < -0.39 is 19.5 Å². The number of ether oxygens (including phenoxy) is 2. The van der Waals surface area contributed by atoms with Crippen LogP contribution in [0.5, 0.6) is 0 Å². The number of rotatable bonds is 30. The van der Waals surface area contributed by atoms with Crippen molar-refractivity contribution < 1.29 is 32.8 Å². The minimum absolute atomic E-state index is 0.0253. The van der Waals surface area contributed by atoms with Crippen LogP contribution < -0.4 is 5.32 Å². The minimum atomic E-state index is -4.21. The van der Waals surface area contributed by atoms with Crippen molar-refractivity contribution in [2.75, 3.05) is 45.4 Å². The molecule has 2 aliphatic rings. The first-order chi connectivity index (χ1) is 21.9. The predicted octanol–water partition coefficient (Wildman–Crippen LogP) is 9.69. The first kappa shape index (κ1) is 40.4. The monoisotopic (exact) mass is 676 g/mol. The highest BCUT2D eigenvalue weighted by Crippen LogP contribution is 2.45. The van der Waals surface area contributed by atoms with Crippen LogP contribution in [-0.2, 0) is 23.1 Å². The first-order valence-electron chi connectivity index (χ1n) is 18.1. The van der Waals surface area contributed by atoms with Crippen LogP contribution in [0.4, 0.5) is 4.79 Å². The lowest BCUT2D eigenvalue weighted by molar-refractivity contribution is -0.0742. The van der Waals surface area contributed by atoms with Crippen molar-refractivity contribution in [1.82, 2.24) is 10.2 Å². The standard InChI is InChI=1S/C34H65N2O7PS/c1-2-3-4-5-6-7-8-9-10-11-12-13-14-15-16-19-24-35-33(37)40-30-34(23-22-27-41-34)31-43-44(38,39)42-28-21-18-17-20-25-36-26-29-45-32-36/h26,29H,2-25,27-28,30-32H2,1H3,(H,35,37)(H,38,39). The van der Waals surface area contributed by atoms with E-state index in [1.165, 1.54) is 89.9 Å². The zero-order valence-corrected chi connectivity index (χ0v) is 30.1. The SMILES string of the molecule is CCCCCCCCCCCCCCCCCCNC(=O)OCC1(COP(=O)(O)OCCCCCCN2C=CSC2)CCCO1. The Morgan fingerprint density at radius 2 is 1.47 bits per heavy atom. The first-order valence-corrected chi connectivity index (χ1v) is 20.7. The second kappa shape index (κ2) is 26.2. The number of nitrogens with zero attached hydrogens (tertiary/aromatic N) is 1. The number of alkyl carbamates (subject to hydrolysis) is 1. The molecule has 0 aromatic rings. The second-order valence-corrected chi connectivity index (χ2v) is 15.1. The fourth-order valence-electron chi connectivity index (χ4n) is 5.77. The van der Waals surface area contributed by atoms with Crippen molar-refractivity contribution in [2.24, 2.45) is 0 Å². The molecule has 2 unspecified atom stereocenters. The fraction of sp³-hybridized carbons (Fsp3) is 0.912. The van der Waals surface area contributed by atoms with Gasteiger partial charge in [-0.2, -0.15) is 0 Å². The normalized spacial score (nSPS) is 19.3. The molecule has 1 amide bonds. The summed E-state index contributed by atoms with van der Waals surface area (Å²) in [5.74, 6) is 1.02. The number of nitrogens with one attached hydrogen (secondary N) is 1. The van der Waals surface area contributed by atoms with Gasteiger partial charge in [-0.15, -0.1) is 11.8 Å². The molecule has 264 valence electrons. The molecule has 0 saturated carbocycles. The van der Waals surface area contributed by atoms with Crippen LogP contribution in [0.15, 0.2) is 11.6 Å². The molecular formula is C34H65N2O7PS. The lowest BCUT2D eigenvalue weighted by Crippen LogP contribution is -2.41. The van der Waals surface area contributed by atoms with Crippen molar-refractivity contribution in [3.05, 3.63) is 11.6 Å². The quantitative estimate of drug-likeness (QED) is 0.0568. The van der Waals surface area contributed by atoms with E-state index >= 15 is 0 Å². The molecule has 2 aliphatic heterocycles. The molecule has 2 heterocycles. The summed E-state index contributed by atoms with van der Waals surface area (Å²) in [5.41, 5.74) is -0.921. The molecule has 2 N–H and O–H groups in total. The molecule has 2 rings (SSSR count). The van der Waals surface area contributed by atoms with Gasteiger partial charge in [-0.1, -0.05) is 116 Å². The van der Waals surface area contributed by atoms with Gasteiger partial charge >= 0.3 is 13.9 Å². The highest BCUT2D eigenvalue weighted by molar-refractivity contribution is 8.02. The van der Waals surface area contributed by atoms with Crippen molar-refractivity contribution in [2.45, 2.75) is 154 Å². The van der Waals surface area contributed by atoms with Crippen LogP contribution in [0.25, 0.3) is 0 Å². The number of thioether (sulfide) groups is 1. The molecule has 0 aliphatic carbocycles. The van der Waals surface area contributed by atoms with Gasteiger partial charge in [0.2, 0.25) is 0 Å². The number of phosphoric acid groups is 1. The molecule has 9 nitrogen and oxygen atoms in total. The number of phosphoric ester groups is 1. The number of amides is 1. The number of carbonyl (C=O) groups excluding carboxylic acids is 1. The molecule has 0 spiro atoms. The van der Waals surface area contributed by atoms with Gasteiger partial charge in [-0.25, -0.2) is 9.36 Å².